The molecule has 0 aromatic heterocycles. The maximum Gasteiger partial charge on any atom is 0.328 e. The average Bonchev–Trinajstić information content (AvgIpc) is 2.27. The summed E-state index contributed by atoms with van der Waals surface area (Å²) in [5.74, 6) is -1.40. The fourth-order valence-corrected chi connectivity index (χ4v) is 1.37. The molecule has 0 saturated carbocycles. The van der Waals surface area contributed by atoms with Gasteiger partial charge in [0.15, 0.2) is 5.78 Å². The number of hydrogen-bond acceptors (Lipinski definition) is 2. The Labute approximate surface area is 94.4 Å². The van der Waals surface area contributed by atoms with Crippen LogP contribution in [0.5, 0.6) is 0 Å². The molecule has 0 spiro atoms. The topological polar surface area (TPSA) is 54.4 Å². The number of aryl methyl sites for hydroxylation is 1. The highest BCUT2D eigenvalue weighted by molar-refractivity contribution is 6.06. The molecule has 0 amide bonds. The molecule has 1 aromatic carbocycles. The van der Waals surface area contributed by atoms with E-state index in [9.17, 15) is 9.59 Å². The van der Waals surface area contributed by atoms with Gasteiger partial charge in [-0.15, -0.1) is 0 Å². The third-order valence-corrected chi connectivity index (χ3v) is 2.15. The monoisotopic (exact) mass is 218 g/mol. The molecular formula is C13H14O3. The van der Waals surface area contributed by atoms with Gasteiger partial charge in [-0.2, -0.15) is 0 Å². The van der Waals surface area contributed by atoms with E-state index in [0.29, 0.717) is 5.56 Å². The van der Waals surface area contributed by atoms with Gasteiger partial charge in [0.1, 0.15) is 0 Å². The highest BCUT2D eigenvalue weighted by atomic mass is 16.4. The van der Waals surface area contributed by atoms with Crippen LogP contribution in [0.25, 0.3) is 0 Å². The Morgan fingerprint density at radius 1 is 1.19 bits per heavy atom. The molecule has 0 saturated heterocycles. The molecule has 0 fully saturated rings. The molecule has 0 aliphatic heterocycles. The number of aliphatic carboxylic acids is 1. The van der Waals surface area contributed by atoms with E-state index in [1.165, 1.54) is 5.56 Å². The lowest BCUT2D eigenvalue weighted by Crippen LogP contribution is -1.97. The number of carboxylic acid groups (broad SMARTS) is 1. The van der Waals surface area contributed by atoms with Gasteiger partial charge >= 0.3 is 5.97 Å². The first-order valence-electron chi connectivity index (χ1n) is 5.17. The number of hydrogen-bond donors (Lipinski definition) is 1. The standard InChI is InChI=1S/C13H14O3/c1-2-3-10-4-6-11(7-5-10)12(14)8-9-13(15)16/h4-9H,2-3H2,1H3,(H,15,16)/b9-8+. The Morgan fingerprint density at radius 3 is 2.31 bits per heavy atom. The zero-order valence-corrected chi connectivity index (χ0v) is 9.14. The van der Waals surface area contributed by atoms with Crippen LogP contribution < -0.4 is 0 Å². The number of carbonyl (C=O) groups excluding carboxylic acids is 1. The van der Waals surface area contributed by atoms with E-state index >= 15 is 0 Å². The lowest BCUT2D eigenvalue weighted by molar-refractivity contribution is -0.131. The number of ketones is 1. The van der Waals surface area contributed by atoms with Crippen molar-refractivity contribution in [2.24, 2.45) is 0 Å². The molecule has 1 rings (SSSR count). The minimum atomic E-state index is -1.11. The SMILES string of the molecule is CCCc1ccc(C(=O)/C=C/C(=O)O)cc1. The molecule has 0 bridgehead atoms. The number of benzene rings is 1. The molecule has 3 nitrogen and oxygen atoms in total. The van der Waals surface area contributed by atoms with Crippen LogP contribution in [0.4, 0.5) is 0 Å². The van der Waals surface area contributed by atoms with E-state index in [2.05, 4.69) is 6.92 Å². The Balaban J connectivity index is 2.74. The molecule has 0 atom stereocenters. The van der Waals surface area contributed by atoms with Gasteiger partial charge in [0, 0.05) is 11.6 Å². The largest absolute Gasteiger partial charge is 0.478 e. The fraction of sp³-hybridized carbons (Fsp3) is 0.231. The Bertz CT molecular complexity index is 402. The highest BCUT2D eigenvalue weighted by Crippen LogP contribution is 2.07. The van der Waals surface area contributed by atoms with Crippen molar-refractivity contribution in [1.82, 2.24) is 0 Å². The second-order valence-corrected chi connectivity index (χ2v) is 3.48. The highest BCUT2D eigenvalue weighted by Gasteiger charge is 2.02. The molecule has 0 unspecified atom stereocenters. The molecule has 0 radical (unpaired) electrons. The molecule has 0 aliphatic rings. The predicted octanol–water partition coefficient (Wildman–Crippen LogP) is 2.46. The zero-order valence-electron chi connectivity index (χ0n) is 9.14. The number of carboxylic acids is 1. The minimum absolute atomic E-state index is 0.287. The van der Waals surface area contributed by atoms with Crippen LogP contribution in [0, 0.1) is 0 Å². The summed E-state index contributed by atoms with van der Waals surface area (Å²) >= 11 is 0. The minimum Gasteiger partial charge on any atom is -0.478 e. The summed E-state index contributed by atoms with van der Waals surface area (Å²) in [4.78, 5) is 21.7. The van der Waals surface area contributed by atoms with Gasteiger partial charge in [-0.1, -0.05) is 37.6 Å². The first kappa shape index (κ1) is 12.2. The van der Waals surface area contributed by atoms with Gasteiger partial charge in [0.05, 0.1) is 0 Å². The predicted molar refractivity (Wildman–Crippen MR) is 61.5 cm³/mol. The summed E-state index contributed by atoms with van der Waals surface area (Å²) < 4.78 is 0. The number of rotatable bonds is 5. The van der Waals surface area contributed by atoms with E-state index in [-0.39, 0.29) is 5.78 Å². The van der Waals surface area contributed by atoms with Crippen LogP contribution >= 0.6 is 0 Å². The lowest BCUT2D eigenvalue weighted by Gasteiger charge is -1.99. The third kappa shape index (κ3) is 3.69. The maximum absolute atomic E-state index is 11.5. The second kappa shape index (κ2) is 5.85. The van der Waals surface area contributed by atoms with Gasteiger partial charge in [-0.3, -0.25) is 4.79 Å². The van der Waals surface area contributed by atoms with Crippen LogP contribution in [0.2, 0.25) is 0 Å². The van der Waals surface area contributed by atoms with Crippen molar-refractivity contribution in [3.8, 4) is 0 Å². The van der Waals surface area contributed by atoms with Crippen molar-refractivity contribution in [1.29, 1.82) is 0 Å². The molecule has 0 heterocycles. The first-order chi connectivity index (χ1) is 7.63. The summed E-state index contributed by atoms with van der Waals surface area (Å²) in [6.07, 6.45) is 3.96. The molecule has 84 valence electrons. The van der Waals surface area contributed by atoms with Gasteiger partial charge in [-0.05, 0) is 18.1 Å². The van der Waals surface area contributed by atoms with Crippen molar-refractivity contribution in [2.75, 3.05) is 0 Å². The maximum atomic E-state index is 11.5. The van der Waals surface area contributed by atoms with E-state index in [0.717, 1.165) is 25.0 Å². The van der Waals surface area contributed by atoms with Crippen molar-refractivity contribution >= 4 is 11.8 Å². The molecule has 0 aliphatic carbocycles. The fourth-order valence-electron chi connectivity index (χ4n) is 1.37. The lowest BCUT2D eigenvalue weighted by atomic mass is 10.1. The van der Waals surface area contributed by atoms with Crippen LogP contribution in [-0.2, 0) is 11.2 Å². The van der Waals surface area contributed by atoms with Crippen LogP contribution in [-0.4, -0.2) is 16.9 Å². The smallest absolute Gasteiger partial charge is 0.328 e. The Kier molecular flexibility index (Phi) is 4.45. The van der Waals surface area contributed by atoms with Crippen molar-refractivity contribution in [3.05, 3.63) is 47.5 Å². The molecule has 1 aromatic rings. The number of carbonyl (C=O) groups is 2. The molecular weight excluding hydrogens is 204 g/mol. The van der Waals surface area contributed by atoms with E-state index in [4.69, 9.17) is 5.11 Å². The first-order valence-corrected chi connectivity index (χ1v) is 5.17. The Morgan fingerprint density at radius 2 is 1.81 bits per heavy atom. The summed E-state index contributed by atoms with van der Waals surface area (Å²) in [5.41, 5.74) is 1.69. The normalized spacial score (nSPS) is 10.6. The third-order valence-electron chi connectivity index (χ3n) is 2.15. The van der Waals surface area contributed by atoms with E-state index in [1.807, 2.05) is 12.1 Å². The van der Waals surface area contributed by atoms with Gasteiger partial charge in [0.2, 0.25) is 0 Å². The molecule has 1 N–H and O–H groups in total. The summed E-state index contributed by atoms with van der Waals surface area (Å²) in [6.45, 7) is 2.09. The quantitative estimate of drug-likeness (QED) is 0.610. The average molecular weight is 218 g/mol. The zero-order chi connectivity index (χ0) is 12.0. The van der Waals surface area contributed by atoms with Crippen molar-refractivity contribution in [3.63, 3.8) is 0 Å². The second-order valence-electron chi connectivity index (χ2n) is 3.48. The van der Waals surface area contributed by atoms with Crippen LogP contribution in [0.15, 0.2) is 36.4 Å². The van der Waals surface area contributed by atoms with Crippen molar-refractivity contribution in [2.45, 2.75) is 19.8 Å². The summed E-state index contributed by atoms with van der Waals surface area (Å²) in [6, 6.07) is 7.23. The van der Waals surface area contributed by atoms with Gasteiger partial charge < -0.3 is 5.11 Å². The summed E-state index contributed by atoms with van der Waals surface area (Å²) in [5, 5.41) is 8.38. The van der Waals surface area contributed by atoms with Crippen molar-refractivity contribution < 1.29 is 14.7 Å². The summed E-state index contributed by atoms with van der Waals surface area (Å²) in [7, 11) is 0. The Hall–Kier alpha value is -1.90. The van der Waals surface area contributed by atoms with Gasteiger partial charge in [0.25, 0.3) is 0 Å². The van der Waals surface area contributed by atoms with E-state index in [1.54, 1.807) is 12.1 Å². The number of allylic oxidation sites excluding steroid dienone is 1. The van der Waals surface area contributed by atoms with Crippen LogP contribution in [0.1, 0.15) is 29.3 Å². The van der Waals surface area contributed by atoms with Crippen LogP contribution in [0.3, 0.4) is 0 Å². The van der Waals surface area contributed by atoms with Gasteiger partial charge in [-0.25, -0.2) is 4.79 Å². The molecule has 16 heavy (non-hydrogen) atoms. The van der Waals surface area contributed by atoms with E-state index < -0.39 is 5.97 Å². The molecule has 3 heteroatoms.